The topological polar surface area (TPSA) is 25.8 Å². The highest BCUT2D eigenvalue weighted by Crippen LogP contribution is 2.22. The number of aromatic nitrogens is 2. The Bertz CT molecular complexity index is 254. The number of nitrogens with zero attached hydrogens (tertiary/aromatic N) is 2. The smallest absolute Gasteiger partial charge is 0.138 e. The second-order valence-corrected chi connectivity index (χ2v) is 3.24. The summed E-state index contributed by atoms with van der Waals surface area (Å²) >= 11 is 14.8. The number of hydrogen-bond acceptors (Lipinski definition) is 2. The fraction of sp³-hybridized carbons (Fsp3) is 0.333. The highest BCUT2D eigenvalue weighted by Gasteiger charge is 2.07. The number of alkyl halides is 1. The zero-order chi connectivity index (χ0) is 8.43. The van der Waals surface area contributed by atoms with Crippen LogP contribution in [-0.2, 0) is 5.33 Å². The highest BCUT2D eigenvalue weighted by molar-refractivity contribution is 9.08. The van der Waals surface area contributed by atoms with Crippen LogP contribution in [0.1, 0.15) is 11.4 Å². The third kappa shape index (κ3) is 2.04. The molecule has 0 aromatic carbocycles. The third-order valence-corrected chi connectivity index (χ3v) is 2.34. The lowest BCUT2D eigenvalue weighted by atomic mass is 10.4. The van der Waals surface area contributed by atoms with Gasteiger partial charge in [0.1, 0.15) is 16.1 Å². The Labute approximate surface area is 83.1 Å². The van der Waals surface area contributed by atoms with E-state index in [2.05, 4.69) is 25.9 Å². The molecule has 0 saturated carbocycles. The van der Waals surface area contributed by atoms with Gasteiger partial charge in [0.05, 0.1) is 0 Å². The van der Waals surface area contributed by atoms with E-state index in [9.17, 15) is 0 Å². The second kappa shape index (κ2) is 3.70. The summed E-state index contributed by atoms with van der Waals surface area (Å²) in [5.74, 6) is 0.588. The maximum absolute atomic E-state index is 5.77. The van der Waals surface area contributed by atoms with Crippen molar-refractivity contribution in [1.82, 2.24) is 9.97 Å². The zero-order valence-electron chi connectivity index (χ0n) is 5.74. The van der Waals surface area contributed by atoms with E-state index in [0.29, 0.717) is 21.5 Å². The van der Waals surface area contributed by atoms with E-state index in [-0.39, 0.29) is 0 Å². The first-order valence-electron chi connectivity index (χ1n) is 2.89. The summed E-state index contributed by atoms with van der Waals surface area (Å²) in [6, 6.07) is 0. The molecule has 5 heteroatoms. The van der Waals surface area contributed by atoms with Crippen molar-refractivity contribution >= 4 is 39.1 Å². The summed E-state index contributed by atoms with van der Waals surface area (Å²) in [5, 5.41) is 1.41. The minimum absolute atomic E-state index is 0.416. The molecule has 1 aromatic rings. The summed E-state index contributed by atoms with van der Waals surface area (Å²) in [6.07, 6.45) is 0. The first-order chi connectivity index (χ1) is 5.15. The second-order valence-electron chi connectivity index (χ2n) is 1.96. The molecule has 0 aliphatic heterocycles. The molecule has 0 saturated heterocycles. The van der Waals surface area contributed by atoms with Crippen LogP contribution in [0, 0.1) is 6.92 Å². The van der Waals surface area contributed by atoms with Crippen molar-refractivity contribution in [3.05, 3.63) is 21.7 Å². The van der Waals surface area contributed by atoms with E-state index < -0.39 is 0 Å². The van der Waals surface area contributed by atoms with E-state index in [0.717, 1.165) is 5.56 Å². The SMILES string of the molecule is Cc1nc(Cl)c(CBr)c(Cl)n1. The molecule has 0 aliphatic rings. The lowest BCUT2D eigenvalue weighted by Crippen LogP contribution is -1.94. The van der Waals surface area contributed by atoms with Gasteiger partial charge in [0.2, 0.25) is 0 Å². The normalized spacial score (nSPS) is 10.2. The quantitative estimate of drug-likeness (QED) is 0.570. The molecule has 60 valence electrons. The van der Waals surface area contributed by atoms with Crippen molar-refractivity contribution < 1.29 is 0 Å². The monoisotopic (exact) mass is 254 g/mol. The average molecular weight is 256 g/mol. The Kier molecular flexibility index (Phi) is 3.10. The molecule has 11 heavy (non-hydrogen) atoms. The van der Waals surface area contributed by atoms with E-state index in [1.807, 2.05) is 0 Å². The molecule has 0 spiro atoms. The molecule has 0 amide bonds. The van der Waals surface area contributed by atoms with Gasteiger partial charge in [0.15, 0.2) is 0 Å². The largest absolute Gasteiger partial charge is 0.221 e. The maximum atomic E-state index is 5.77. The molecule has 2 nitrogen and oxygen atoms in total. The molecule has 1 aromatic heterocycles. The Hall–Kier alpha value is 0.140. The van der Waals surface area contributed by atoms with Crippen LogP contribution in [0.15, 0.2) is 0 Å². The summed E-state index contributed by atoms with van der Waals surface area (Å²) in [4.78, 5) is 7.89. The maximum Gasteiger partial charge on any atom is 0.138 e. The van der Waals surface area contributed by atoms with E-state index >= 15 is 0 Å². The molecular weight excluding hydrogens is 251 g/mol. The fourth-order valence-corrected chi connectivity index (χ4v) is 2.10. The Morgan fingerprint density at radius 3 is 2.09 bits per heavy atom. The van der Waals surface area contributed by atoms with Gasteiger partial charge < -0.3 is 0 Å². The van der Waals surface area contributed by atoms with Gasteiger partial charge in [0, 0.05) is 10.9 Å². The summed E-state index contributed by atoms with van der Waals surface area (Å²) in [5.41, 5.74) is 0.735. The van der Waals surface area contributed by atoms with Crippen LogP contribution >= 0.6 is 39.1 Å². The predicted molar refractivity (Wildman–Crippen MR) is 49.4 cm³/mol. The molecule has 0 N–H and O–H groups in total. The summed E-state index contributed by atoms with van der Waals surface area (Å²) in [7, 11) is 0. The van der Waals surface area contributed by atoms with E-state index in [1.54, 1.807) is 6.92 Å². The molecule has 0 bridgehead atoms. The van der Waals surface area contributed by atoms with Gasteiger partial charge >= 0.3 is 0 Å². The molecule has 0 fully saturated rings. The Balaban J connectivity index is 3.25. The minimum atomic E-state index is 0.416. The van der Waals surface area contributed by atoms with Crippen LogP contribution in [0.3, 0.4) is 0 Å². The molecule has 1 heterocycles. The van der Waals surface area contributed by atoms with E-state index in [4.69, 9.17) is 23.2 Å². The van der Waals surface area contributed by atoms with Gasteiger partial charge in [-0.3, -0.25) is 0 Å². The summed E-state index contributed by atoms with van der Waals surface area (Å²) in [6.45, 7) is 1.75. The van der Waals surface area contributed by atoms with Crippen LogP contribution in [0.25, 0.3) is 0 Å². The van der Waals surface area contributed by atoms with Crippen molar-refractivity contribution in [2.24, 2.45) is 0 Å². The van der Waals surface area contributed by atoms with Crippen molar-refractivity contribution in [3.8, 4) is 0 Å². The molecular formula is C6H5BrCl2N2. The van der Waals surface area contributed by atoms with Crippen LogP contribution in [0.5, 0.6) is 0 Å². The Morgan fingerprint density at radius 2 is 1.73 bits per heavy atom. The van der Waals surface area contributed by atoms with Gasteiger partial charge in [-0.05, 0) is 6.92 Å². The molecule has 0 unspecified atom stereocenters. The predicted octanol–water partition coefficient (Wildman–Crippen LogP) is 2.99. The fourth-order valence-electron chi connectivity index (χ4n) is 0.639. The van der Waals surface area contributed by atoms with Gasteiger partial charge in [-0.1, -0.05) is 39.1 Å². The first kappa shape index (κ1) is 9.23. The number of aryl methyl sites for hydroxylation is 1. The van der Waals surface area contributed by atoms with Crippen molar-refractivity contribution in [2.75, 3.05) is 0 Å². The van der Waals surface area contributed by atoms with Crippen LogP contribution in [0.4, 0.5) is 0 Å². The highest BCUT2D eigenvalue weighted by atomic mass is 79.9. The van der Waals surface area contributed by atoms with Crippen molar-refractivity contribution in [1.29, 1.82) is 0 Å². The van der Waals surface area contributed by atoms with Crippen LogP contribution in [0.2, 0.25) is 10.3 Å². The minimum Gasteiger partial charge on any atom is -0.221 e. The zero-order valence-corrected chi connectivity index (χ0v) is 8.83. The number of hydrogen-bond donors (Lipinski definition) is 0. The first-order valence-corrected chi connectivity index (χ1v) is 4.77. The molecule has 1 rings (SSSR count). The molecule has 0 aliphatic carbocycles. The molecule has 0 atom stereocenters. The molecule has 0 radical (unpaired) electrons. The van der Waals surface area contributed by atoms with Gasteiger partial charge in [0.25, 0.3) is 0 Å². The lowest BCUT2D eigenvalue weighted by molar-refractivity contribution is 1.03. The number of rotatable bonds is 1. The third-order valence-electron chi connectivity index (χ3n) is 1.15. The van der Waals surface area contributed by atoms with Crippen LogP contribution < -0.4 is 0 Å². The lowest BCUT2D eigenvalue weighted by Gasteiger charge is -2.01. The van der Waals surface area contributed by atoms with Crippen LogP contribution in [-0.4, -0.2) is 9.97 Å². The van der Waals surface area contributed by atoms with Gasteiger partial charge in [-0.15, -0.1) is 0 Å². The van der Waals surface area contributed by atoms with Crippen molar-refractivity contribution in [3.63, 3.8) is 0 Å². The standard InChI is InChI=1S/C6H5BrCl2N2/c1-3-10-5(8)4(2-7)6(9)11-3/h2H2,1H3. The van der Waals surface area contributed by atoms with Gasteiger partial charge in [-0.25, -0.2) is 9.97 Å². The Morgan fingerprint density at radius 1 is 1.27 bits per heavy atom. The average Bonchev–Trinajstić information content (AvgIpc) is 1.85. The van der Waals surface area contributed by atoms with Gasteiger partial charge in [-0.2, -0.15) is 0 Å². The van der Waals surface area contributed by atoms with Crippen molar-refractivity contribution in [2.45, 2.75) is 12.3 Å². The summed E-state index contributed by atoms with van der Waals surface area (Å²) < 4.78 is 0. The van der Waals surface area contributed by atoms with E-state index in [1.165, 1.54) is 0 Å². The number of halogens is 3.